The molecule has 1 amide bonds. The first-order valence-corrected chi connectivity index (χ1v) is 11.5. The van der Waals surface area contributed by atoms with Crippen molar-refractivity contribution in [1.82, 2.24) is 25.8 Å². The number of amides is 1. The fourth-order valence-electron chi connectivity index (χ4n) is 4.76. The zero-order chi connectivity index (χ0) is 26.6. The minimum atomic E-state index is -2.76. The van der Waals surface area contributed by atoms with Gasteiger partial charge in [-0.2, -0.15) is 4.98 Å². The molecule has 1 saturated carbocycles. The number of aromatic nitrogens is 3. The average molecular weight is 501 g/mol. The summed E-state index contributed by atoms with van der Waals surface area (Å²) in [5, 5.41) is 22.2. The molecule has 1 atom stereocenters. The zero-order valence-electron chi connectivity index (χ0n) is 23.0. The van der Waals surface area contributed by atoms with Crippen molar-refractivity contribution in [2.24, 2.45) is 5.41 Å². The van der Waals surface area contributed by atoms with Crippen LogP contribution in [0.4, 0.5) is 0 Å². The predicted octanol–water partition coefficient (Wildman–Crippen LogP) is 3.65. The van der Waals surface area contributed by atoms with E-state index in [1.54, 1.807) is 12.4 Å². The molecule has 3 aromatic rings. The Bertz CT molecular complexity index is 1320. The third-order valence-electron chi connectivity index (χ3n) is 7.25. The van der Waals surface area contributed by atoms with Crippen LogP contribution in [0.5, 0.6) is 0 Å². The molecule has 9 heteroatoms. The number of carbonyl (C=O) groups is 1. The minimum absolute atomic E-state index is 0. The number of hydrogen-bond acceptors (Lipinski definition) is 7. The van der Waals surface area contributed by atoms with Crippen LogP contribution in [0, 0.1) is 5.41 Å². The molecule has 1 aliphatic heterocycles. The lowest BCUT2D eigenvalue weighted by molar-refractivity contribution is -0.120. The molecule has 0 radical (unpaired) electrons. The third kappa shape index (κ3) is 4.24. The van der Waals surface area contributed by atoms with E-state index in [4.69, 9.17) is 8.64 Å². The first kappa shape index (κ1) is 21.5. The molecule has 1 aromatic carbocycles. The molecule has 0 unspecified atom stereocenters. The summed E-state index contributed by atoms with van der Waals surface area (Å²) in [6, 6.07) is 9.85. The van der Waals surface area contributed by atoms with Crippen molar-refractivity contribution in [1.29, 1.82) is 0 Å². The van der Waals surface area contributed by atoms with Gasteiger partial charge in [0.25, 0.3) is 5.89 Å². The number of pyridine rings is 1. The molecule has 35 heavy (non-hydrogen) atoms. The summed E-state index contributed by atoms with van der Waals surface area (Å²) < 4.78 is 27.4. The summed E-state index contributed by atoms with van der Waals surface area (Å²) in [6.07, 6.45) is 4.25. The number of benzene rings is 1. The Morgan fingerprint density at radius 3 is 2.51 bits per heavy atom. The maximum absolute atomic E-state index is 12.3. The summed E-state index contributed by atoms with van der Waals surface area (Å²) in [7, 11) is 0. The first-order chi connectivity index (χ1) is 17.4. The highest BCUT2D eigenvalue weighted by molar-refractivity contribution is 5.85. The molecule has 186 valence electrons. The van der Waals surface area contributed by atoms with Gasteiger partial charge in [-0.1, -0.05) is 50.2 Å². The first-order valence-electron chi connectivity index (χ1n) is 13.0. The third-order valence-corrected chi connectivity index (χ3v) is 7.25. The Balaban J connectivity index is 0.00000336. The highest BCUT2D eigenvalue weighted by Crippen LogP contribution is 2.48. The van der Waals surface area contributed by atoms with Crippen molar-refractivity contribution >= 4 is 18.3 Å². The molecule has 3 heterocycles. The monoisotopic (exact) mass is 500 g/mol. The van der Waals surface area contributed by atoms with Gasteiger partial charge in [-0.05, 0) is 36.0 Å². The van der Waals surface area contributed by atoms with E-state index in [9.17, 15) is 9.90 Å². The van der Waals surface area contributed by atoms with E-state index in [2.05, 4.69) is 39.6 Å². The molecule has 8 nitrogen and oxygen atoms in total. The molecule has 2 fully saturated rings. The highest BCUT2D eigenvalue weighted by atomic mass is 35.5. The fraction of sp³-hybridized carbons (Fsp3) is 0.462. The second-order valence-corrected chi connectivity index (χ2v) is 10.1. The van der Waals surface area contributed by atoms with E-state index in [-0.39, 0.29) is 24.1 Å². The zero-order valence-corrected chi connectivity index (χ0v) is 20.8. The van der Waals surface area contributed by atoms with Crippen LogP contribution in [-0.4, -0.2) is 39.2 Å². The number of halogens is 1. The van der Waals surface area contributed by atoms with Gasteiger partial charge in [0.15, 0.2) is 0 Å². The number of carbonyl (C=O) groups excluding carboxylic acids is 1. The minimum Gasteiger partial charge on any atom is -0.380 e. The van der Waals surface area contributed by atoms with Crippen molar-refractivity contribution in [2.45, 2.75) is 57.5 Å². The smallest absolute Gasteiger partial charge is 0.252 e. The summed E-state index contributed by atoms with van der Waals surface area (Å²) in [6.45, 7) is 4.82. The standard InChI is InChI=1S/C26H31N5O3.ClH/c1-16(2)18-5-7-20(8-6-18)26(33,24(4)14-28-15-24)21-11-19(12-27-13-21)22-29-23(34-31-22)25(9-10-25)30-17(3)32;/h5-8,11-13,16,28,33H,9-10,14-15H2,1-4H3,(H,30,32);1H/t26-;/m0./s1/i3D3;. The SMILES string of the molecule is Cl.[2H]C([2H])([2H])C(=O)NC1(c2nc(-c3cncc([C@@](O)(c4ccc(C(C)C)cc4)C4(C)CNC4)c3)no2)CC1. The molecule has 2 aromatic heterocycles. The van der Waals surface area contributed by atoms with Gasteiger partial charge in [0.2, 0.25) is 11.7 Å². The lowest BCUT2D eigenvalue weighted by Crippen LogP contribution is -2.63. The van der Waals surface area contributed by atoms with Crippen LogP contribution >= 0.6 is 12.4 Å². The maximum atomic E-state index is 12.3. The number of nitrogens with zero attached hydrogens (tertiary/aromatic N) is 3. The van der Waals surface area contributed by atoms with Gasteiger partial charge in [0.1, 0.15) is 11.1 Å². The van der Waals surface area contributed by atoms with E-state index in [0.29, 0.717) is 43.0 Å². The molecule has 5 rings (SSSR count). The van der Waals surface area contributed by atoms with Crippen LogP contribution in [-0.2, 0) is 15.9 Å². The highest BCUT2D eigenvalue weighted by Gasteiger charge is 2.53. The Kier molecular flexibility index (Phi) is 5.52. The van der Waals surface area contributed by atoms with E-state index in [1.807, 2.05) is 37.3 Å². The van der Waals surface area contributed by atoms with Crippen molar-refractivity contribution in [3.05, 3.63) is 65.3 Å². The largest absolute Gasteiger partial charge is 0.380 e. The molecule has 1 aliphatic carbocycles. The molecule has 2 aliphatic rings. The molecule has 1 saturated heterocycles. The summed E-state index contributed by atoms with van der Waals surface area (Å²) in [5.74, 6) is -0.280. The van der Waals surface area contributed by atoms with Crippen LogP contribution < -0.4 is 10.6 Å². The Hall–Kier alpha value is -2.81. The number of aliphatic hydroxyl groups is 1. The van der Waals surface area contributed by atoms with Gasteiger partial charge in [-0.25, -0.2) is 0 Å². The number of hydrogen-bond donors (Lipinski definition) is 3. The number of rotatable bonds is 7. The Morgan fingerprint density at radius 1 is 1.23 bits per heavy atom. The summed E-state index contributed by atoms with van der Waals surface area (Å²) >= 11 is 0. The fourth-order valence-corrected chi connectivity index (χ4v) is 4.76. The van der Waals surface area contributed by atoms with Crippen molar-refractivity contribution in [3.8, 4) is 11.4 Å². The number of nitrogens with one attached hydrogen (secondary N) is 2. The van der Waals surface area contributed by atoms with Crippen LogP contribution in [0.3, 0.4) is 0 Å². The quantitative estimate of drug-likeness (QED) is 0.453. The molecule has 3 N–H and O–H groups in total. The Labute approximate surface area is 215 Å². The molecular formula is C26H32ClN5O3. The van der Waals surface area contributed by atoms with Crippen LogP contribution in [0.25, 0.3) is 11.4 Å². The topological polar surface area (TPSA) is 113 Å². The van der Waals surface area contributed by atoms with Gasteiger partial charge in [-0.15, -0.1) is 12.4 Å². The lowest BCUT2D eigenvalue weighted by Gasteiger charge is -2.52. The second-order valence-electron chi connectivity index (χ2n) is 10.1. The lowest BCUT2D eigenvalue weighted by atomic mass is 9.63. The van der Waals surface area contributed by atoms with Crippen LogP contribution in [0.15, 0.2) is 47.2 Å². The molecular weight excluding hydrogens is 466 g/mol. The molecule has 0 spiro atoms. The van der Waals surface area contributed by atoms with Crippen LogP contribution in [0.1, 0.15) is 73.1 Å². The normalized spacial score (nSPS) is 20.9. The van der Waals surface area contributed by atoms with E-state index in [0.717, 1.165) is 5.56 Å². The van der Waals surface area contributed by atoms with Gasteiger partial charge < -0.3 is 20.3 Å². The summed E-state index contributed by atoms with van der Waals surface area (Å²) in [5.41, 5.74) is 0.354. The van der Waals surface area contributed by atoms with Crippen molar-refractivity contribution in [3.63, 3.8) is 0 Å². The van der Waals surface area contributed by atoms with E-state index < -0.39 is 29.3 Å². The van der Waals surface area contributed by atoms with Crippen molar-refractivity contribution < 1.29 is 18.5 Å². The van der Waals surface area contributed by atoms with Crippen LogP contribution in [0.2, 0.25) is 0 Å². The van der Waals surface area contributed by atoms with Gasteiger partial charge in [0, 0.05) is 53.0 Å². The van der Waals surface area contributed by atoms with Gasteiger partial charge >= 0.3 is 0 Å². The maximum Gasteiger partial charge on any atom is 0.252 e. The van der Waals surface area contributed by atoms with Gasteiger partial charge in [0.05, 0.1) is 0 Å². The second kappa shape index (κ2) is 9.00. The Morgan fingerprint density at radius 2 is 1.94 bits per heavy atom. The van der Waals surface area contributed by atoms with Gasteiger partial charge in [-0.3, -0.25) is 9.78 Å². The predicted molar refractivity (Wildman–Crippen MR) is 134 cm³/mol. The summed E-state index contributed by atoms with van der Waals surface area (Å²) in [4.78, 5) is 20.9. The average Bonchev–Trinajstić information content (AvgIpc) is 3.45. The van der Waals surface area contributed by atoms with Crippen molar-refractivity contribution in [2.75, 3.05) is 13.1 Å². The molecule has 0 bridgehead atoms. The van der Waals surface area contributed by atoms with E-state index >= 15 is 0 Å². The van der Waals surface area contributed by atoms with E-state index in [1.165, 1.54) is 5.56 Å².